The Bertz CT molecular complexity index is 727. The quantitative estimate of drug-likeness (QED) is 0.777. The zero-order valence-corrected chi connectivity index (χ0v) is 16.6. The van der Waals surface area contributed by atoms with Gasteiger partial charge in [0.2, 0.25) is 15.9 Å². The largest absolute Gasteiger partial charge is 0.497 e. The Hall–Kier alpha value is -1.80. The monoisotopic (exact) mass is 384 g/mol. The Balaban J connectivity index is 2.12. The fourth-order valence-electron chi connectivity index (χ4n) is 2.95. The number of methoxy groups -OCH3 is 2. The van der Waals surface area contributed by atoms with E-state index >= 15 is 0 Å². The van der Waals surface area contributed by atoms with Gasteiger partial charge in [-0.2, -0.15) is 4.31 Å². The summed E-state index contributed by atoms with van der Waals surface area (Å²) in [4.78, 5) is 12.3. The number of piperidine rings is 1. The predicted octanol–water partition coefficient (Wildman–Crippen LogP) is 2.02. The van der Waals surface area contributed by atoms with E-state index in [-0.39, 0.29) is 28.5 Å². The molecule has 1 fully saturated rings. The molecule has 0 saturated carbocycles. The van der Waals surface area contributed by atoms with Crippen LogP contribution in [0.25, 0.3) is 0 Å². The normalized spacial score (nSPS) is 17.5. The molecule has 1 N–H and O–H groups in total. The first kappa shape index (κ1) is 20.5. The Morgan fingerprint density at radius 3 is 2.46 bits per heavy atom. The summed E-state index contributed by atoms with van der Waals surface area (Å²) in [6, 6.07) is 4.84. The van der Waals surface area contributed by atoms with Crippen LogP contribution >= 0.6 is 0 Å². The molecular formula is C18H28N2O5S. The van der Waals surface area contributed by atoms with E-state index in [0.29, 0.717) is 31.7 Å². The van der Waals surface area contributed by atoms with Crippen molar-refractivity contribution in [2.75, 3.05) is 27.3 Å². The first-order chi connectivity index (χ1) is 12.3. The second-order valence-electron chi connectivity index (χ2n) is 6.51. The molecule has 1 heterocycles. The maximum absolute atomic E-state index is 13.0. The number of nitrogens with zero attached hydrogens (tertiary/aromatic N) is 1. The zero-order valence-electron chi connectivity index (χ0n) is 15.8. The van der Waals surface area contributed by atoms with E-state index in [1.54, 1.807) is 12.1 Å². The minimum absolute atomic E-state index is 0.00959. The molecule has 1 aromatic rings. The molecule has 1 unspecified atom stereocenters. The number of hydrogen-bond donors (Lipinski definition) is 1. The lowest BCUT2D eigenvalue weighted by atomic mass is 9.97. The number of sulfonamides is 1. The SMILES string of the molecule is CCC(C)NC(=O)C1CCN(S(=O)(=O)c2cc(OC)ccc2OC)CC1. The van der Waals surface area contributed by atoms with Crippen molar-refractivity contribution in [2.45, 2.75) is 44.0 Å². The molecule has 1 atom stereocenters. The molecule has 1 aromatic carbocycles. The van der Waals surface area contributed by atoms with Crippen LogP contribution in [0.15, 0.2) is 23.1 Å². The van der Waals surface area contributed by atoms with Crippen LogP contribution in [0.3, 0.4) is 0 Å². The molecule has 0 spiro atoms. The van der Waals surface area contributed by atoms with Crippen LogP contribution in [0.1, 0.15) is 33.1 Å². The molecule has 1 aliphatic rings. The molecule has 26 heavy (non-hydrogen) atoms. The lowest BCUT2D eigenvalue weighted by molar-refractivity contribution is -0.126. The summed E-state index contributed by atoms with van der Waals surface area (Å²) in [6.07, 6.45) is 1.89. The third-order valence-corrected chi connectivity index (χ3v) is 6.73. The average Bonchev–Trinajstić information content (AvgIpc) is 2.67. The minimum atomic E-state index is -3.72. The molecule has 8 heteroatoms. The van der Waals surface area contributed by atoms with E-state index in [0.717, 1.165) is 6.42 Å². The molecule has 1 aliphatic heterocycles. The molecule has 0 radical (unpaired) electrons. The van der Waals surface area contributed by atoms with E-state index in [4.69, 9.17) is 9.47 Å². The number of ether oxygens (including phenoxy) is 2. The maximum Gasteiger partial charge on any atom is 0.246 e. The van der Waals surface area contributed by atoms with Gasteiger partial charge in [-0.25, -0.2) is 8.42 Å². The van der Waals surface area contributed by atoms with Crippen LogP contribution in [0.4, 0.5) is 0 Å². The molecular weight excluding hydrogens is 356 g/mol. The fourth-order valence-corrected chi connectivity index (χ4v) is 4.59. The third-order valence-electron chi connectivity index (χ3n) is 4.81. The summed E-state index contributed by atoms with van der Waals surface area (Å²) in [6.45, 7) is 4.59. The van der Waals surface area contributed by atoms with Gasteiger partial charge in [0.25, 0.3) is 0 Å². The van der Waals surface area contributed by atoms with E-state index in [1.165, 1.54) is 24.6 Å². The van der Waals surface area contributed by atoms with E-state index < -0.39 is 10.0 Å². The van der Waals surface area contributed by atoms with Crippen molar-refractivity contribution in [3.63, 3.8) is 0 Å². The highest BCUT2D eigenvalue weighted by atomic mass is 32.2. The van der Waals surface area contributed by atoms with Gasteiger partial charge in [-0.3, -0.25) is 4.79 Å². The topological polar surface area (TPSA) is 84.9 Å². The number of benzene rings is 1. The second kappa shape index (κ2) is 8.73. The number of carbonyl (C=O) groups excluding carboxylic acids is 1. The van der Waals surface area contributed by atoms with Gasteiger partial charge >= 0.3 is 0 Å². The van der Waals surface area contributed by atoms with Crippen LogP contribution in [0.2, 0.25) is 0 Å². The maximum atomic E-state index is 13.0. The highest BCUT2D eigenvalue weighted by molar-refractivity contribution is 7.89. The van der Waals surface area contributed by atoms with Gasteiger partial charge in [-0.15, -0.1) is 0 Å². The highest BCUT2D eigenvalue weighted by Crippen LogP contribution is 2.32. The predicted molar refractivity (Wildman–Crippen MR) is 98.9 cm³/mol. The standard InChI is InChI=1S/C18H28N2O5S/c1-5-13(2)19-18(21)14-8-10-20(11-9-14)26(22,23)17-12-15(24-3)6-7-16(17)25-4/h6-7,12-14H,5,8-11H2,1-4H3,(H,19,21). The minimum Gasteiger partial charge on any atom is -0.497 e. The van der Waals surface area contributed by atoms with Gasteiger partial charge in [0, 0.05) is 31.1 Å². The number of nitrogens with one attached hydrogen (secondary N) is 1. The zero-order chi connectivity index (χ0) is 19.3. The van der Waals surface area contributed by atoms with Crippen molar-refractivity contribution in [3.8, 4) is 11.5 Å². The molecule has 1 amide bonds. The summed E-state index contributed by atoms with van der Waals surface area (Å²) in [5.41, 5.74) is 0. The third kappa shape index (κ3) is 4.48. The summed E-state index contributed by atoms with van der Waals surface area (Å²) >= 11 is 0. The lowest BCUT2D eigenvalue weighted by Crippen LogP contribution is -2.44. The number of rotatable bonds is 7. The Labute approximate surface area is 155 Å². The molecule has 0 aromatic heterocycles. The summed E-state index contributed by atoms with van der Waals surface area (Å²) in [7, 11) is -0.795. The molecule has 0 bridgehead atoms. The van der Waals surface area contributed by atoms with Crippen LogP contribution in [0.5, 0.6) is 11.5 Å². The van der Waals surface area contributed by atoms with Gasteiger partial charge < -0.3 is 14.8 Å². The number of carbonyl (C=O) groups is 1. The van der Waals surface area contributed by atoms with Gasteiger partial charge in [0.05, 0.1) is 14.2 Å². The van der Waals surface area contributed by atoms with Crippen LogP contribution in [-0.2, 0) is 14.8 Å². The van der Waals surface area contributed by atoms with Crippen molar-refractivity contribution in [1.82, 2.24) is 9.62 Å². The molecule has 0 aliphatic carbocycles. The summed E-state index contributed by atoms with van der Waals surface area (Å²) < 4.78 is 37.8. The van der Waals surface area contributed by atoms with E-state index in [9.17, 15) is 13.2 Å². The van der Waals surface area contributed by atoms with Crippen molar-refractivity contribution in [3.05, 3.63) is 18.2 Å². The van der Waals surface area contributed by atoms with E-state index in [1.807, 2.05) is 13.8 Å². The Morgan fingerprint density at radius 1 is 1.27 bits per heavy atom. The van der Waals surface area contributed by atoms with Crippen molar-refractivity contribution >= 4 is 15.9 Å². The van der Waals surface area contributed by atoms with Crippen LogP contribution in [0, 0.1) is 5.92 Å². The average molecular weight is 384 g/mol. The molecule has 2 rings (SSSR count). The van der Waals surface area contributed by atoms with Gasteiger partial charge in [0.1, 0.15) is 16.4 Å². The highest BCUT2D eigenvalue weighted by Gasteiger charge is 2.34. The number of hydrogen-bond acceptors (Lipinski definition) is 5. The lowest BCUT2D eigenvalue weighted by Gasteiger charge is -2.31. The Morgan fingerprint density at radius 2 is 1.92 bits per heavy atom. The first-order valence-electron chi connectivity index (χ1n) is 8.86. The van der Waals surface area contributed by atoms with Crippen LogP contribution < -0.4 is 14.8 Å². The first-order valence-corrected chi connectivity index (χ1v) is 10.3. The van der Waals surface area contributed by atoms with Crippen LogP contribution in [-0.4, -0.2) is 52.0 Å². The van der Waals surface area contributed by atoms with Crippen molar-refractivity contribution in [2.24, 2.45) is 5.92 Å². The van der Waals surface area contributed by atoms with Crippen molar-refractivity contribution < 1.29 is 22.7 Å². The molecule has 146 valence electrons. The van der Waals surface area contributed by atoms with E-state index in [2.05, 4.69) is 5.32 Å². The molecule has 7 nitrogen and oxygen atoms in total. The van der Waals surface area contributed by atoms with Crippen molar-refractivity contribution in [1.29, 1.82) is 0 Å². The Kier molecular flexibility index (Phi) is 6.88. The fraction of sp³-hybridized carbons (Fsp3) is 0.611. The van der Waals surface area contributed by atoms with Gasteiger partial charge in [-0.05, 0) is 38.3 Å². The van der Waals surface area contributed by atoms with Gasteiger partial charge in [-0.1, -0.05) is 6.92 Å². The summed E-state index contributed by atoms with van der Waals surface area (Å²) in [5, 5.41) is 2.97. The number of amides is 1. The second-order valence-corrected chi connectivity index (χ2v) is 8.42. The summed E-state index contributed by atoms with van der Waals surface area (Å²) in [5.74, 6) is 0.590. The molecule has 1 saturated heterocycles. The van der Waals surface area contributed by atoms with Gasteiger partial charge in [0.15, 0.2) is 0 Å². The smallest absolute Gasteiger partial charge is 0.246 e.